The molecular weight excluding hydrogens is 222 g/mol. The predicted octanol–water partition coefficient (Wildman–Crippen LogP) is 3.36. The fourth-order valence-corrected chi connectivity index (χ4v) is 4.22. The second-order valence-corrected chi connectivity index (χ2v) is 6.92. The molecular formula is C16H29NO. The third-order valence-corrected chi connectivity index (χ3v) is 5.68. The van der Waals surface area contributed by atoms with Gasteiger partial charge < -0.3 is 10.1 Å². The third-order valence-electron chi connectivity index (χ3n) is 5.68. The van der Waals surface area contributed by atoms with Crippen molar-refractivity contribution in [2.75, 3.05) is 13.2 Å². The van der Waals surface area contributed by atoms with Crippen LogP contribution in [0.5, 0.6) is 0 Å². The first-order chi connectivity index (χ1) is 8.74. The van der Waals surface area contributed by atoms with Crippen LogP contribution in [0.2, 0.25) is 0 Å². The molecule has 0 aromatic carbocycles. The van der Waals surface area contributed by atoms with Crippen molar-refractivity contribution < 1.29 is 4.74 Å². The van der Waals surface area contributed by atoms with E-state index in [-0.39, 0.29) is 0 Å². The highest BCUT2D eigenvalue weighted by atomic mass is 16.5. The van der Waals surface area contributed by atoms with Crippen LogP contribution in [0.3, 0.4) is 0 Å². The minimum absolute atomic E-state index is 0.305. The van der Waals surface area contributed by atoms with Crippen LogP contribution < -0.4 is 5.32 Å². The largest absolute Gasteiger partial charge is 0.375 e. The molecule has 1 spiro atoms. The Hall–Kier alpha value is -0.0800. The molecule has 0 amide bonds. The molecule has 0 radical (unpaired) electrons. The summed E-state index contributed by atoms with van der Waals surface area (Å²) in [5.74, 6) is 2.73. The maximum absolute atomic E-state index is 6.09. The number of nitrogens with one attached hydrogen (secondary N) is 1. The number of ether oxygens (including phenoxy) is 1. The number of rotatable bonds is 5. The Balaban J connectivity index is 1.64. The summed E-state index contributed by atoms with van der Waals surface area (Å²) >= 11 is 0. The number of hydrogen-bond acceptors (Lipinski definition) is 2. The summed E-state index contributed by atoms with van der Waals surface area (Å²) in [4.78, 5) is 0. The quantitative estimate of drug-likeness (QED) is 0.809. The summed E-state index contributed by atoms with van der Waals surface area (Å²) in [6.07, 6.45) is 9.56. The van der Waals surface area contributed by atoms with E-state index in [1.165, 1.54) is 44.9 Å². The Morgan fingerprint density at radius 3 is 2.56 bits per heavy atom. The van der Waals surface area contributed by atoms with Crippen molar-refractivity contribution in [2.45, 2.75) is 70.4 Å². The molecule has 2 heteroatoms. The van der Waals surface area contributed by atoms with Crippen LogP contribution in [-0.2, 0) is 4.74 Å². The minimum Gasteiger partial charge on any atom is -0.375 e. The van der Waals surface area contributed by atoms with E-state index in [0.29, 0.717) is 5.60 Å². The van der Waals surface area contributed by atoms with Gasteiger partial charge in [0.25, 0.3) is 0 Å². The topological polar surface area (TPSA) is 21.3 Å². The van der Waals surface area contributed by atoms with E-state index in [9.17, 15) is 0 Å². The van der Waals surface area contributed by atoms with Gasteiger partial charge in [-0.2, -0.15) is 0 Å². The molecule has 3 aliphatic rings. The van der Waals surface area contributed by atoms with E-state index < -0.39 is 0 Å². The first kappa shape index (κ1) is 12.9. The zero-order valence-electron chi connectivity index (χ0n) is 12.1. The molecule has 3 atom stereocenters. The first-order valence-electron chi connectivity index (χ1n) is 8.11. The third kappa shape index (κ3) is 2.46. The highest BCUT2D eigenvalue weighted by molar-refractivity contribution is 4.99. The van der Waals surface area contributed by atoms with Gasteiger partial charge in [-0.25, -0.2) is 0 Å². The molecule has 1 heterocycles. The van der Waals surface area contributed by atoms with Gasteiger partial charge in [0.2, 0.25) is 0 Å². The molecule has 3 rings (SSSR count). The van der Waals surface area contributed by atoms with Gasteiger partial charge in [-0.15, -0.1) is 0 Å². The number of hydrogen-bond donors (Lipinski definition) is 1. The molecule has 0 bridgehead atoms. The van der Waals surface area contributed by atoms with E-state index in [4.69, 9.17) is 4.74 Å². The lowest BCUT2D eigenvalue weighted by atomic mass is 9.68. The van der Waals surface area contributed by atoms with Gasteiger partial charge >= 0.3 is 0 Å². The van der Waals surface area contributed by atoms with Crippen LogP contribution >= 0.6 is 0 Å². The Labute approximate surface area is 112 Å². The van der Waals surface area contributed by atoms with Crippen molar-refractivity contribution >= 4 is 0 Å². The summed E-state index contributed by atoms with van der Waals surface area (Å²) in [5.41, 5.74) is 0.305. The first-order valence-corrected chi connectivity index (χ1v) is 8.11. The summed E-state index contributed by atoms with van der Waals surface area (Å²) in [5, 5.41) is 3.80. The second kappa shape index (κ2) is 5.13. The average Bonchev–Trinajstić information content (AvgIpc) is 3.17. The standard InChI is InChI=1S/C16H29NO/c1-3-17-15(12(2)13-5-6-13)14-7-10-18-16(11-14)8-4-9-16/h12-15,17H,3-11H2,1-2H3. The fourth-order valence-electron chi connectivity index (χ4n) is 4.22. The molecule has 3 fully saturated rings. The summed E-state index contributed by atoms with van der Waals surface area (Å²) in [6, 6.07) is 0.740. The minimum atomic E-state index is 0.305. The van der Waals surface area contributed by atoms with E-state index in [2.05, 4.69) is 19.2 Å². The van der Waals surface area contributed by atoms with Crippen LogP contribution in [0.4, 0.5) is 0 Å². The van der Waals surface area contributed by atoms with Crippen molar-refractivity contribution in [3.63, 3.8) is 0 Å². The normalized spacial score (nSPS) is 34.0. The van der Waals surface area contributed by atoms with Crippen molar-refractivity contribution in [1.29, 1.82) is 0 Å². The van der Waals surface area contributed by atoms with Gasteiger partial charge in [0.1, 0.15) is 0 Å². The molecule has 0 aromatic heterocycles. The van der Waals surface area contributed by atoms with Gasteiger partial charge in [0.15, 0.2) is 0 Å². The lowest BCUT2D eigenvalue weighted by Gasteiger charge is -2.49. The zero-order chi connectivity index (χ0) is 12.6. The maximum Gasteiger partial charge on any atom is 0.0685 e. The van der Waals surface area contributed by atoms with Crippen LogP contribution in [-0.4, -0.2) is 24.8 Å². The highest BCUT2D eigenvalue weighted by Crippen LogP contribution is 2.47. The molecule has 18 heavy (non-hydrogen) atoms. The lowest BCUT2D eigenvalue weighted by Crippen LogP contribution is -2.52. The Bertz CT molecular complexity index is 283. The van der Waals surface area contributed by atoms with Crippen LogP contribution in [0.15, 0.2) is 0 Å². The SMILES string of the molecule is CCNC(C1CCOC2(CCC2)C1)C(C)C1CC1. The highest BCUT2D eigenvalue weighted by Gasteiger charge is 2.46. The molecule has 104 valence electrons. The van der Waals surface area contributed by atoms with Crippen LogP contribution in [0, 0.1) is 17.8 Å². The Morgan fingerprint density at radius 1 is 1.22 bits per heavy atom. The maximum atomic E-state index is 6.09. The van der Waals surface area contributed by atoms with E-state index in [1.54, 1.807) is 0 Å². The van der Waals surface area contributed by atoms with Crippen molar-refractivity contribution in [1.82, 2.24) is 5.32 Å². The van der Waals surface area contributed by atoms with Crippen LogP contribution in [0.25, 0.3) is 0 Å². The lowest BCUT2D eigenvalue weighted by molar-refractivity contribution is -0.149. The molecule has 1 N–H and O–H groups in total. The van der Waals surface area contributed by atoms with Crippen molar-refractivity contribution in [3.05, 3.63) is 0 Å². The predicted molar refractivity (Wildman–Crippen MR) is 74.6 cm³/mol. The van der Waals surface area contributed by atoms with Gasteiger partial charge in [-0.3, -0.25) is 0 Å². The smallest absolute Gasteiger partial charge is 0.0685 e. The van der Waals surface area contributed by atoms with E-state index in [1.807, 2.05) is 0 Å². The van der Waals surface area contributed by atoms with Gasteiger partial charge in [0, 0.05) is 12.6 Å². The summed E-state index contributed by atoms with van der Waals surface area (Å²) in [6.45, 7) is 6.86. The van der Waals surface area contributed by atoms with Crippen molar-refractivity contribution in [3.8, 4) is 0 Å². The molecule has 1 aliphatic heterocycles. The van der Waals surface area contributed by atoms with E-state index in [0.717, 1.165) is 36.9 Å². The fraction of sp³-hybridized carbons (Fsp3) is 1.00. The molecule has 3 unspecified atom stereocenters. The average molecular weight is 251 g/mol. The summed E-state index contributed by atoms with van der Waals surface area (Å²) < 4.78 is 6.09. The molecule has 2 saturated carbocycles. The van der Waals surface area contributed by atoms with Crippen LogP contribution in [0.1, 0.15) is 58.8 Å². The molecule has 2 nitrogen and oxygen atoms in total. The molecule has 0 aromatic rings. The Kier molecular flexibility index (Phi) is 3.68. The van der Waals surface area contributed by atoms with E-state index >= 15 is 0 Å². The second-order valence-electron chi connectivity index (χ2n) is 6.92. The monoisotopic (exact) mass is 251 g/mol. The van der Waals surface area contributed by atoms with Gasteiger partial charge in [0.05, 0.1) is 5.60 Å². The summed E-state index contributed by atoms with van der Waals surface area (Å²) in [7, 11) is 0. The van der Waals surface area contributed by atoms with Crippen molar-refractivity contribution in [2.24, 2.45) is 17.8 Å². The zero-order valence-corrected chi connectivity index (χ0v) is 12.1. The van der Waals surface area contributed by atoms with Gasteiger partial charge in [-0.05, 0) is 69.2 Å². The van der Waals surface area contributed by atoms with Gasteiger partial charge in [-0.1, -0.05) is 13.8 Å². The Morgan fingerprint density at radius 2 is 2.00 bits per heavy atom. The molecule has 2 aliphatic carbocycles. The molecule has 1 saturated heterocycles.